The average molecular weight is 265 g/mol. The van der Waals surface area contributed by atoms with E-state index in [-0.39, 0.29) is 29.5 Å². The lowest BCUT2D eigenvalue weighted by atomic mass is 9.81. The van der Waals surface area contributed by atoms with Crippen molar-refractivity contribution in [3.63, 3.8) is 0 Å². The second kappa shape index (κ2) is 4.35. The first kappa shape index (κ1) is 11.7. The molecule has 1 aromatic rings. The van der Waals surface area contributed by atoms with E-state index >= 15 is 0 Å². The average Bonchev–Trinajstić information content (AvgIpc) is 2.64. The normalized spacial score (nSPS) is 27.5. The van der Waals surface area contributed by atoms with Gasteiger partial charge in [0, 0.05) is 6.20 Å². The molecule has 1 saturated heterocycles. The van der Waals surface area contributed by atoms with Gasteiger partial charge in [0.15, 0.2) is 5.82 Å². The summed E-state index contributed by atoms with van der Waals surface area (Å²) in [5, 5.41) is 0.345. The van der Waals surface area contributed by atoms with E-state index in [9.17, 15) is 9.59 Å². The fourth-order valence-corrected chi connectivity index (χ4v) is 3.12. The van der Waals surface area contributed by atoms with Crippen molar-refractivity contribution in [3.05, 3.63) is 23.4 Å². The summed E-state index contributed by atoms with van der Waals surface area (Å²) in [4.78, 5) is 29.9. The number of pyridine rings is 1. The second-order valence-corrected chi connectivity index (χ2v) is 5.23. The fraction of sp³-hybridized carbons (Fsp3) is 0.462. The van der Waals surface area contributed by atoms with Crippen LogP contribution in [0.4, 0.5) is 5.82 Å². The summed E-state index contributed by atoms with van der Waals surface area (Å²) in [5.41, 5.74) is 0. The zero-order valence-electron chi connectivity index (χ0n) is 9.80. The molecule has 1 aromatic heterocycles. The van der Waals surface area contributed by atoms with Gasteiger partial charge in [-0.2, -0.15) is 0 Å². The summed E-state index contributed by atoms with van der Waals surface area (Å²) < 4.78 is 0. The van der Waals surface area contributed by atoms with E-state index in [2.05, 4.69) is 4.98 Å². The summed E-state index contributed by atoms with van der Waals surface area (Å²) >= 11 is 6.02. The molecular formula is C13H13ClN2O2. The lowest BCUT2D eigenvalue weighted by Crippen LogP contribution is -2.31. The molecule has 94 valence electrons. The first-order valence-corrected chi connectivity index (χ1v) is 6.56. The van der Waals surface area contributed by atoms with Crippen LogP contribution in [0.5, 0.6) is 0 Å². The van der Waals surface area contributed by atoms with Gasteiger partial charge in [-0.1, -0.05) is 24.4 Å². The number of carbonyl (C=O) groups is 2. The minimum Gasteiger partial charge on any atom is -0.274 e. The van der Waals surface area contributed by atoms with Crippen LogP contribution < -0.4 is 4.90 Å². The number of imide groups is 1. The summed E-state index contributed by atoms with van der Waals surface area (Å²) in [6.07, 6.45) is 5.18. The third-order valence-electron chi connectivity index (χ3n) is 3.79. The van der Waals surface area contributed by atoms with Crippen LogP contribution >= 0.6 is 11.6 Å². The third-order valence-corrected chi connectivity index (χ3v) is 4.09. The molecule has 5 heteroatoms. The molecule has 3 rings (SSSR count). The van der Waals surface area contributed by atoms with Crippen LogP contribution in [0.15, 0.2) is 18.3 Å². The van der Waals surface area contributed by atoms with Crippen LogP contribution in [0.1, 0.15) is 25.7 Å². The molecule has 0 aromatic carbocycles. The molecule has 1 saturated carbocycles. The van der Waals surface area contributed by atoms with E-state index in [4.69, 9.17) is 11.6 Å². The molecular weight excluding hydrogens is 252 g/mol. The zero-order valence-corrected chi connectivity index (χ0v) is 10.6. The number of hydrogen-bond acceptors (Lipinski definition) is 3. The Hall–Kier alpha value is -1.42. The van der Waals surface area contributed by atoms with Crippen LogP contribution in [-0.4, -0.2) is 16.8 Å². The van der Waals surface area contributed by atoms with E-state index in [1.807, 2.05) is 0 Å². The van der Waals surface area contributed by atoms with Crippen molar-refractivity contribution in [2.45, 2.75) is 25.7 Å². The summed E-state index contributed by atoms with van der Waals surface area (Å²) in [6, 6.07) is 3.33. The molecule has 4 nitrogen and oxygen atoms in total. The summed E-state index contributed by atoms with van der Waals surface area (Å²) in [5.74, 6) is -0.312. The monoisotopic (exact) mass is 264 g/mol. The van der Waals surface area contributed by atoms with Crippen LogP contribution in [0.25, 0.3) is 0 Å². The van der Waals surface area contributed by atoms with E-state index in [1.54, 1.807) is 18.3 Å². The smallest absolute Gasteiger partial charge is 0.238 e. The van der Waals surface area contributed by atoms with E-state index in [1.165, 1.54) is 4.90 Å². The van der Waals surface area contributed by atoms with Gasteiger partial charge in [-0.15, -0.1) is 0 Å². The standard InChI is InChI=1S/C13H13ClN2O2/c14-10-6-3-7-15-11(10)16-12(17)8-4-1-2-5-9(8)13(16)18/h3,6-9H,1-2,4-5H2. The highest BCUT2D eigenvalue weighted by Crippen LogP contribution is 2.40. The summed E-state index contributed by atoms with van der Waals surface area (Å²) in [6.45, 7) is 0. The van der Waals surface area contributed by atoms with Crippen LogP contribution in [0.3, 0.4) is 0 Å². The number of amides is 2. The molecule has 1 aliphatic carbocycles. The Labute approximate surface area is 110 Å². The SMILES string of the molecule is O=C1C2CCCCC2C(=O)N1c1ncccc1Cl. The van der Waals surface area contributed by atoms with Crippen molar-refractivity contribution in [1.29, 1.82) is 0 Å². The first-order chi connectivity index (χ1) is 8.70. The Bertz CT molecular complexity index is 493. The lowest BCUT2D eigenvalue weighted by molar-refractivity contribution is -0.122. The van der Waals surface area contributed by atoms with E-state index in [0.717, 1.165) is 25.7 Å². The Morgan fingerprint density at radius 2 is 1.78 bits per heavy atom. The van der Waals surface area contributed by atoms with Crippen LogP contribution in [0.2, 0.25) is 5.02 Å². The Morgan fingerprint density at radius 1 is 1.17 bits per heavy atom. The molecule has 18 heavy (non-hydrogen) atoms. The maximum absolute atomic E-state index is 12.3. The van der Waals surface area contributed by atoms with E-state index in [0.29, 0.717) is 5.02 Å². The fourth-order valence-electron chi connectivity index (χ4n) is 2.91. The maximum Gasteiger partial charge on any atom is 0.238 e. The minimum atomic E-state index is -0.163. The highest BCUT2D eigenvalue weighted by atomic mass is 35.5. The predicted octanol–water partition coefficient (Wildman–Crippen LogP) is 2.41. The molecule has 2 unspecified atom stereocenters. The molecule has 1 aliphatic heterocycles. The first-order valence-electron chi connectivity index (χ1n) is 6.18. The highest BCUT2D eigenvalue weighted by Gasteiger charge is 2.49. The van der Waals surface area contributed by atoms with Gasteiger partial charge in [0.05, 0.1) is 16.9 Å². The van der Waals surface area contributed by atoms with Gasteiger partial charge in [-0.3, -0.25) is 9.59 Å². The lowest BCUT2D eigenvalue weighted by Gasteiger charge is -2.19. The Kier molecular flexibility index (Phi) is 2.82. The molecule has 2 heterocycles. The number of nitrogens with zero attached hydrogens (tertiary/aromatic N) is 2. The van der Waals surface area contributed by atoms with Crippen LogP contribution in [-0.2, 0) is 9.59 Å². The molecule has 2 amide bonds. The molecule has 2 aliphatic rings. The van der Waals surface area contributed by atoms with Gasteiger partial charge >= 0.3 is 0 Å². The van der Waals surface area contributed by atoms with Crippen molar-refractivity contribution in [1.82, 2.24) is 4.98 Å². The van der Waals surface area contributed by atoms with E-state index < -0.39 is 0 Å². The van der Waals surface area contributed by atoms with Gasteiger partial charge in [0.1, 0.15) is 0 Å². The van der Waals surface area contributed by atoms with Gasteiger partial charge in [0.25, 0.3) is 0 Å². The van der Waals surface area contributed by atoms with Crippen molar-refractivity contribution in [2.24, 2.45) is 11.8 Å². The van der Waals surface area contributed by atoms with Gasteiger partial charge in [-0.05, 0) is 25.0 Å². The number of fused-ring (bicyclic) bond motifs is 1. The number of hydrogen-bond donors (Lipinski definition) is 0. The molecule has 2 fully saturated rings. The largest absolute Gasteiger partial charge is 0.274 e. The maximum atomic E-state index is 12.3. The Balaban J connectivity index is 2.00. The molecule has 2 atom stereocenters. The Morgan fingerprint density at radius 3 is 2.33 bits per heavy atom. The van der Waals surface area contributed by atoms with Gasteiger partial charge in [-0.25, -0.2) is 9.88 Å². The number of aromatic nitrogens is 1. The predicted molar refractivity (Wildman–Crippen MR) is 67.2 cm³/mol. The quantitative estimate of drug-likeness (QED) is 0.732. The number of carbonyl (C=O) groups excluding carboxylic acids is 2. The summed E-state index contributed by atoms with van der Waals surface area (Å²) in [7, 11) is 0. The third kappa shape index (κ3) is 1.63. The molecule has 0 N–H and O–H groups in total. The molecule has 0 spiro atoms. The molecule has 0 bridgehead atoms. The van der Waals surface area contributed by atoms with Crippen LogP contribution in [0, 0.1) is 11.8 Å². The van der Waals surface area contributed by atoms with Crippen molar-refractivity contribution in [2.75, 3.05) is 4.90 Å². The second-order valence-electron chi connectivity index (χ2n) is 4.82. The highest BCUT2D eigenvalue weighted by molar-refractivity contribution is 6.35. The topological polar surface area (TPSA) is 50.3 Å². The molecule has 0 radical (unpaired) electrons. The van der Waals surface area contributed by atoms with Gasteiger partial charge in [0.2, 0.25) is 11.8 Å². The number of anilines is 1. The minimum absolute atomic E-state index is 0.134. The van der Waals surface area contributed by atoms with Crippen molar-refractivity contribution < 1.29 is 9.59 Å². The zero-order chi connectivity index (χ0) is 12.7. The van der Waals surface area contributed by atoms with Crippen molar-refractivity contribution >= 4 is 29.2 Å². The number of halogens is 1. The van der Waals surface area contributed by atoms with Gasteiger partial charge < -0.3 is 0 Å². The van der Waals surface area contributed by atoms with Crippen molar-refractivity contribution in [3.8, 4) is 0 Å². The number of rotatable bonds is 1.